The fourth-order valence-electron chi connectivity index (χ4n) is 1.67. The Labute approximate surface area is 121 Å². The first-order chi connectivity index (χ1) is 10.2. The number of carbonyl (C=O) groups is 2. The van der Waals surface area contributed by atoms with Crippen LogP contribution in [0, 0.1) is 0 Å². The number of furan rings is 1. The van der Waals surface area contributed by atoms with Gasteiger partial charge in [0.15, 0.2) is 5.76 Å². The largest absolute Gasteiger partial charge is 0.459 e. The smallest absolute Gasteiger partial charge is 0.293 e. The maximum atomic E-state index is 11.7. The molecule has 2 aromatic heterocycles. The van der Waals surface area contributed by atoms with Crippen LogP contribution in [0.3, 0.4) is 0 Å². The van der Waals surface area contributed by atoms with Gasteiger partial charge in [0.05, 0.1) is 18.2 Å². The first-order valence-electron chi connectivity index (χ1n) is 6.66. The van der Waals surface area contributed by atoms with Crippen LogP contribution in [0.4, 0.5) is 0 Å². The molecule has 0 spiro atoms. The second-order valence-electron chi connectivity index (χ2n) is 4.44. The maximum Gasteiger partial charge on any atom is 0.293 e. The van der Waals surface area contributed by atoms with E-state index in [1.54, 1.807) is 12.3 Å². The minimum absolute atomic E-state index is 0.0762. The Kier molecular flexibility index (Phi) is 5.22. The molecule has 0 fully saturated rings. The minimum Gasteiger partial charge on any atom is -0.459 e. The van der Waals surface area contributed by atoms with Crippen LogP contribution in [0.2, 0.25) is 0 Å². The summed E-state index contributed by atoms with van der Waals surface area (Å²) in [5.41, 5.74) is 0.744. The van der Waals surface area contributed by atoms with E-state index in [-0.39, 0.29) is 12.3 Å². The predicted octanol–water partition coefficient (Wildman–Crippen LogP) is 0.327. The van der Waals surface area contributed by atoms with E-state index in [0.717, 1.165) is 18.7 Å². The summed E-state index contributed by atoms with van der Waals surface area (Å²) >= 11 is 0. The lowest BCUT2D eigenvalue weighted by atomic mass is 10.4. The molecule has 0 atom stereocenters. The molecule has 2 amide bonds. The fraction of sp³-hybridized carbons (Fsp3) is 0.385. The van der Waals surface area contributed by atoms with Crippen molar-refractivity contribution >= 4 is 11.8 Å². The van der Waals surface area contributed by atoms with Crippen molar-refractivity contribution in [2.75, 3.05) is 6.54 Å². The molecule has 112 valence electrons. The van der Waals surface area contributed by atoms with E-state index in [2.05, 4.69) is 27.9 Å². The first kappa shape index (κ1) is 14.9. The van der Waals surface area contributed by atoms with Crippen LogP contribution in [0.5, 0.6) is 0 Å². The normalized spacial score (nSPS) is 10.5. The Morgan fingerprint density at radius 3 is 3.00 bits per heavy atom. The topological polar surface area (TPSA) is 102 Å². The summed E-state index contributed by atoms with van der Waals surface area (Å²) in [7, 11) is 0. The van der Waals surface area contributed by atoms with E-state index in [1.807, 2.05) is 0 Å². The highest BCUT2D eigenvalue weighted by atomic mass is 16.3. The summed E-state index contributed by atoms with van der Waals surface area (Å²) in [6.07, 6.45) is 4.07. The Hall–Kier alpha value is -2.48. The molecule has 0 saturated carbocycles. The van der Waals surface area contributed by atoms with Crippen LogP contribution in [-0.2, 0) is 17.9 Å². The van der Waals surface area contributed by atoms with Gasteiger partial charge in [-0.05, 0) is 25.1 Å². The summed E-state index contributed by atoms with van der Waals surface area (Å²) in [6, 6.07) is 3.06. The van der Waals surface area contributed by atoms with Gasteiger partial charge in [-0.25, -0.2) is 4.68 Å². The van der Waals surface area contributed by atoms with Crippen LogP contribution in [-0.4, -0.2) is 33.4 Å². The molecule has 0 aliphatic rings. The van der Waals surface area contributed by atoms with E-state index in [9.17, 15) is 9.59 Å². The number of rotatable bonds is 7. The van der Waals surface area contributed by atoms with E-state index in [0.29, 0.717) is 6.54 Å². The molecular weight excluding hydrogens is 274 g/mol. The summed E-state index contributed by atoms with van der Waals surface area (Å²) in [4.78, 5) is 23.3. The molecule has 8 nitrogen and oxygen atoms in total. The van der Waals surface area contributed by atoms with Gasteiger partial charge in [0.1, 0.15) is 6.54 Å². The van der Waals surface area contributed by atoms with Crippen molar-refractivity contribution in [2.45, 2.75) is 26.4 Å². The number of aromatic nitrogens is 3. The second kappa shape index (κ2) is 7.34. The number of hydrogen-bond acceptors (Lipinski definition) is 6. The average molecular weight is 291 g/mol. The quantitative estimate of drug-likeness (QED) is 0.713. The predicted molar refractivity (Wildman–Crippen MR) is 73.2 cm³/mol. The van der Waals surface area contributed by atoms with Crippen molar-refractivity contribution < 1.29 is 14.0 Å². The van der Waals surface area contributed by atoms with Gasteiger partial charge >= 0.3 is 0 Å². The molecule has 0 unspecified atom stereocenters. The van der Waals surface area contributed by atoms with E-state index < -0.39 is 11.8 Å². The third-order valence-electron chi connectivity index (χ3n) is 2.62. The number of amides is 2. The molecule has 2 heterocycles. The number of nitrogens with zero attached hydrogens (tertiary/aromatic N) is 3. The average Bonchev–Trinajstić information content (AvgIpc) is 3.10. The Morgan fingerprint density at radius 1 is 1.43 bits per heavy atom. The highest BCUT2D eigenvalue weighted by molar-refractivity contribution is 6.02. The molecule has 2 N–H and O–H groups in total. The summed E-state index contributed by atoms with van der Waals surface area (Å²) < 4.78 is 6.28. The molecule has 0 saturated heterocycles. The van der Waals surface area contributed by atoms with Crippen LogP contribution in [0.1, 0.15) is 29.6 Å². The zero-order valence-electron chi connectivity index (χ0n) is 11.7. The fourth-order valence-corrected chi connectivity index (χ4v) is 1.67. The molecule has 0 radical (unpaired) electrons. The van der Waals surface area contributed by atoms with E-state index in [1.165, 1.54) is 17.0 Å². The lowest BCUT2D eigenvalue weighted by Gasteiger charge is -2.01. The lowest BCUT2D eigenvalue weighted by Crippen LogP contribution is -2.33. The van der Waals surface area contributed by atoms with Gasteiger partial charge in [-0.15, -0.1) is 5.10 Å². The molecule has 0 aliphatic carbocycles. The van der Waals surface area contributed by atoms with Crippen molar-refractivity contribution in [1.82, 2.24) is 25.6 Å². The Morgan fingerprint density at radius 2 is 2.29 bits per heavy atom. The first-order valence-corrected chi connectivity index (χ1v) is 6.66. The Bertz CT molecular complexity index is 591. The molecule has 2 aromatic rings. The molecule has 0 aliphatic heterocycles. The van der Waals surface area contributed by atoms with Gasteiger partial charge < -0.3 is 9.73 Å². The van der Waals surface area contributed by atoms with Gasteiger partial charge in [-0.1, -0.05) is 12.1 Å². The second-order valence-corrected chi connectivity index (χ2v) is 4.44. The molecule has 8 heteroatoms. The Balaban J connectivity index is 1.81. The zero-order chi connectivity index (χ0) is 15.1. The van der Waals surface area contributed by atoms with Gasteiger partial charge in [0.2, 0.25) is 5.91 Å². The minimum atomic E-state index is -0.574. The van der Waals surface area contributed by atoms with Gasteiger partial charge in [0.25, 0.3) is 5.91 Å². The monoisotopic (exact) mass is 291 g/mol. The van der Waals surface area contributed by atoms with Crippen molar-refractivity contribution in [3.05, 3.63) is 36.0 Å². The van der Waals surface area contributed by atoms with Crippen molar-refractivity contribution in [2.24, 2.45) is 0 Å². The number of imide groups is 1. The van der Waals surface area contributed by atoms with Gasteiger partial charge in [-0.3, -0.25) is 14.9 Å². The lowest BCUT2D eigenvalue weighted by molar-refractivity contribution is -0.120. The zero-order valence-corrected chi connectivity index (χ0v) is 11.7. The van der Waals surface area contributed by atoms with Crippen LogP contribution < -0.4 is 10.6 Å². The van der Waals surface area contributed by atoms with Crippen molar-refractivity contribution in [3.63, 3.8) is 0 Å². The van der Waals surface area contributed by atoms with Crippen LogP contribution in [0.15, 0.2) is 29.0 Å². The van der Waals surface area contributed by atoms with Crippen LogP contribution in [0.25, 0.3) is 0 Å². The summed E-state index contributed by atoms with van der Waals surface area (Å²) in [6.45, 7) is 3.49. The van der Waals surface area contributed by atoms with Gasteiger partial charge in [0, 0.05) is 6.54 Å². The van der Waals surface area contributed by atoms with E-state index >= 15 is 0 Å². The third kappa shape index (κ3) is 4.53. The number of carbonyl (C=O) groups excluding carboxylic acids is 2. The summed E-state index contributed by atoms with van der Waals surface area (Å²) in [5, 5.41) is 13.2. The molecule has 0 aromatic carbocycles. The molecule has 21 heavy (non-hydrogen) atoms. The highest BCUT2D eigenvalue weighted by Crippen LogP contribution is 1.99. The van der Waals surface area contributed by atoms with Crippen molar-refractivity contribution in [3.8, 4) is 0 Å². The van der Waals surface area contributed by atoms with Crippen LogP contribution >= 0.6 is 0 Å². The SMILES string of the molecule is CCCNCc1cn(CC(=O)NC(=O)c2ccco2)nn1. The van der Waals surface area contributed by atoms with Gasteiger partial charge in [-0.2, -0.15) is 0 Å². The maximum absolute atomic E-state index is 11.7. The standard InChI is InChI=1S/C13H17N5O3/c1-2-5-14-7-10-8-18(17-16-10)9-12(19)15-13(20)11-4-3-6-21-11/h3-4,6,8,14H,2,5,7,9H2,1H3,(H,15,19,20). The number of hydrogen-bond donors (Lipinski definition) is 2. The van der Waals surface area contributed by atoms with E-state index in [4.69, 9.17) is 4.42 Å². The molecule has 2 rings (SSSR count). The van der Waals surface area contributed by atoms with Crippen molar-refractivity contribution in [1.29, 1.82) is 0 Å². The molecule has 0 bridgehead atoms. The third-order valence-corrected chi connectivity index (χ3v) is 2.62. The number of nitrogens with one attached hydrogen (secondary N) is 2. The summed E-state index contributed by atoms with van der Waals surface area (Å²) in [5.74, 6) is -0.962. The molecular formula is C13H17N5O3. The highest BCUT2D eigenvalue weighted by Gasteiger charge is 2.13.